The van der Waals surface area contributed by atoms with Gasteiger partial charge in [0.2, 0.25) is 5.91 Å². The van der Waals surface area contributed by atoms with Crippen LogP contribution in [0.4, 0.5) is 5.69 Å². The van der Waals surface area contributed by atoms with Crippen LogP contribution < -0.4 is 5.32 Å². The standard InChI is InChI=1S/C11H14N2O2/c1-4-11(15)13-10-6-12-9(8(3)14)5-7(10)2/h5-6H,4H2,1-3H3,(H,13,15). The maximum absolute atomic E-state index is 11.1. The van der Waals surface area contributed by atoms with Gasteiger partial charge in [0.1, 0.15) is 5.69 Å². The third-order valence-corrected chi connectivity index (χ3v) is 2.07. The summed E-state index contributed by atoms with van der Waals surface area (Å²) >= 11 is 0. The van der Waals surface area contributed by atoms with E-state index in [1.165, 1.54) is 13.1 Å². The van der Waals surface area contributed by atoms with Crippen molar-refractivity contribution in [2.24, 2.45) is 0 Å². The molecule has 0 aliphatic rings. The minimum Gasteiger partial charge on any atom is -0.325 e. The lowest BCUT2D eigenvalue weighted by Gasteiger charge is -2.07. The Kier molecular flexibility index (Phi) is 3.55. The van der Waals surface area contributed by atoms with Crippen molar-refractivity contribution in [3.63, 3.8) is 0 Å². The first-order valence-corrected chi connectivity index (χ1v) is 4.82. The zero-order valence-corrected chi connectivity index (χ0v) is 9.13. The molecule has 0 aliphatic heterocycles. The van der Waals surface area contributed by atoms with Gasteiger partial charge in [-0.3, -0.25) is 14.6 Å². The van der Waals surface area contributed by atoms with Crippen molar-refractivity contribution < 1.29 is 9.59 Å². The van der Waals surface area contributed by atoms with Gasteiger partial charge in [-0.1, -0.05) is 6.92 Å². The van der Waals surface area contributed by atoms with Crippen molar-refractivity contribution in [2.45, 2.75) is 27.2 Å². The second-order valence-electron chi connectivity index (χ2n) is 3.34. The average Bonchev–Trinajstić information content (AvgIpc) is 2.20. The van der Waals surface area contributed by atoms with Crippen LogP contribution in [0.5, 0.6) is 0 Å². The van der Waals surface area contributed by atoms with E-state index >= 15 is 0 Å². The normalized spacial score (nSPS) is 9.80. The molecular weight excluding hydrogens is 192 g/mol. The Bertz CT molecular complexity index is 400. The van der Waals surface area contributed by atoms with Crippen molar-refractivity contribution in [1.82, 2.24) is 4.98 Å². The number of Topliss-reactive ketones (excluding diaryl/α,β-unsaturated/α-hetero) is 1. The van der Waals surface area contributed by atoms with Gasteiger partial charge in [-0.25, -0.2) is 0 Å². The number of ketones is 1. The molecule has 4 heteroatoms. The van der Waals surface area contributed by atoms with Crippen LogP contribution in [0, 0.1) is 6.92 Å². The van der Waals surface area contributed by atoms with E-state index < -0.39 is 0 Å². The molecule has 0 unspecified atom stereocenters. The first-order valence-electron chi connectivity index (χ1n) is 4.82. The van der Waals surface area contributed by atoms with Gasteiger partial charge in [0.25, 0.3) is 0 Å². The lowest BCUT2D eigenvalue weighted by atomic mass is 10.2. The number of pyridine rings is 1. The molecule has 80 valence electrons. The zero-order valence-electron chi connectivity index (χ0n) is 9.13. The summed E-state index contributed by atoms with van der Waals surface area (Å²) in [6, 6.07) is 1.67. The highest BCUT2D eigenvalue weighted by atomic mass is 16.1. The van der Waals surface area contributed by atoms with Crippen LogP contribution >= 0.6 is 0 Å². The third-order valence-electron chi connectivity index (χ3n) is 2.07. The third kappa shape index (κ3) is 2.87. The van der Waals surface area contributed by atoms with Crippen molar-refractivity contribution in [2.75, 3.05) is 5.32 Å². The van der Waals surface area contributed by atoms with Gasteiger partial charge in [0.15, 0.2) is 5.78 Å². The van der Waals surface area contributed by atoms with Crippen molar-refractivity contribution in [1.29, 1.82) is 0 Å². The molecule has 0 saturated carbocycles. The number of carbonyl (C=O) groups is 2. The van der Waals surface area contributed by atoms with Gasteiger partial charge >= 0.3 is 0 Å². The van der Waals surface area contributed by atoms with Gasteiger partial charge in [-0.05, 0) is 18.6 Å². The van der Waals surface area contributed by atoms with Gasteiger partial charge in [-0.2, -0.15) is 0 Å². The molecule has 0 saturated heterocycles. The molecule has 0 aromatic carbocycles. The number of hydrogen-bond donors (Lipinski definition) is 1. The molecule has 0 bridgehead atoms. The number of nitrogens with one attached hydrogen (secondary N) is 1. The topological polar surface area (TPSA) is 59.1 Å². The van der Waals surface area contributed by atoms with Crippen LogP contribution in [-0.2, 0) is 4.79 Å². The average molecular weight is 206 g/mol. The fourth-order valence-corrected chi connectivity index (χ4v) is 1.12. The van der Waals surface area contributed by atoms with E-state index in [1.807, 2.05) is 6.92 Å². The Morgan fingerprint density at radius 2 is 2.13 bits per heavy atom. The Hall–Kier alpha value is -1.71. The summed E-state index contributed by atoms with van der Waals surface area (Å²) in [4.78, 5) is 26.1. The molecule has 1 N–H and O–H groups in total. The maximum atomic E-state index is 11.1. The Morgan fingerprint density at radius 1 is 1.47 bits per heavy atom. The molecule has 15 heavy (non-hydrogen) atoms. The number of aryl methyl sites for hydroxylation is 1. The smallest absolute Gasteiger partial charge is 0.224 e. The first-order chi connectivity index (χ1) is 7.04. The highest BCUT2D eigenvalue weighted by Crippen LogP contribution is 2.14. The van der Waals surface area contributed by atoms with E-state index in [-0.39, 0.29) is 11.7 Å². The van der Waals surface area contributed by atoms with Gasteiger partial charge in [-0.15, -0.1) is 0 Å². The second-order valence-corrected chi connectivity index (χ2v) is 3.34. The van der Waals surface area contributed by atoms with Crippen LogP contribution in [-0.4, -0.2) is 16.7 Å². The Morgan fingerprint density at radius 3 is 2.60 bits per heavy atom. The predicted molar refractivity (Wildman–Crippen MR) is 57.9 cm³/mol. The molecule has 4 nitrogen and oxygen atoms in total. The molecule has 1 amide bonds. The van der Waals surface area contributed by atoms with E-state index in [0.717, 1.165) is 5.56 Å². The van der Waals surface area contributed by atoms with E-state index in [0.29, 0.717) is 17.8 Å². The minimum atomic E-state index is -0.0773. The number of hydrogen-bond acceptors (Lipinski definition) is 3. The molecule has 1 aromatic rings. The summed E-state index contributed by atoms with van der Waals surface area (Å²) < 4.78 is 0. The summed E-state index contributed by atoms with van der Waals surface area (Å²) in [5.74, 6) is -0.137. The number of amides is 1. The summed E-state index contributed by atoms with van der Waals surface area (Å²) in [5.41, 5.74) is 1.92. The highest BCUT2D eigenvalue weighted by Gasteiger charge is 2.06. The number of carbonyl (C=O) groups excluding carboxylic acids is 2. The number of anilines is 1. The fourth-order valence-electron chi connectivity index (χ4n) is 1.12. The predicted octanol–water partition coefficient (Wildman–Crippen LogP) is 1.94. The molecule has 0 atom stereocenters. The van der Waals surface area contributed by atoms with E-state index in [4.69, 9.17) is 0 Å². The van der Waals surface area contributed by atoms with Crippen LogP contribution in [0.25, 0.3) is 0 Å². The Labute approximate surface area is 88.7 Å². The van der Waals surface area contributed by atoms with E-state index in [2.05, 4.69) is 10.3 Å². The lowest BCUT2D eigenvalue weighted by Crippen LogP contribution is -2.11. The molecule has 1 aromatic heterocycles. The van der Waals surface area contributed by atoms with Gasteiger partial charge in [0.05, 0.1) is 11.9 Å². The van der Waals surface area contributed by atoms with Crippen LogP contribution in [0.1, 0.15) is 36.3 Å². The van der Waals surface area contributed by atoms with Crippen molar-refractivity contribution >= 4 is 17.4 Å². The molecule has 1 heterocycles. The summed E-state index contributed by atoms with van der Waals surface area (Å²) in [6.07, 6.45) is 1.94. The lowest BCUT2D eigenvalue weighted by molar-refractivity contribution is -0.115. The molecule has 0 radical (unpaired) electrons. The minimum absolute atomic E-state index is 0.0597. The van der Waals surface area contributed by atoms with Gasteiger partial charge in [0, 0.05) is 13.3 Å². The molecular formula is C11H14N2O2. The van der Waals surface area contributed by atoms with E-state index in [1.54, 1.807) is 13.0 Å². The van der Waals surface area contributed by atoms with Crippen LogP contribution in [0.15, 0.2) is 12.3 Å². The van der Waals surface area contributed by atoms with E-state index in [9.17, 15) is 9.59 Å². The van der Waals surface area contributed by atoms with Gasteiger partial charge < -0.3 is 5.32 Å². The second kappa shape index (κ2) is 4.68. The van der Waals surface area contributed by atoms with Crippen LogP contribution in [0.2, 0.25) is 0 Å². The monoisotopic (exact) mass is 206 g/mol. The quantitative estimate of drug-likeness (QED) is 0.769. The fraction of sp³-hybridized carbons (Fsp3) is 0.364. The van der Waals surface area contributed by atoms with Crippen molar-refractivity contribution in [3.8, 4) is 0 Å². The SMILES string of the molecule is CCC(=O)Nc1cnc(C(C)=O)cc1C. The number of nitrogens with zero attached hydrogens (tertiary/aromatic N) is 1. The first kappa shape index (κ1) is 11.4. The molecule has 0 fully saturated rings. The molecule has 0 spiro atoms. The molecule has 1 rings (SSSR count). The highest BCUT2D eigenvalue weighted by molar-refractivity contribution is 5.94. The maximum Gasteiger partial charge on any atom is 0.224 e. The van der Waals surface area contributed by atoms with Crippen LogP contribution in [0.3, 0.4) is 0 Å². The Balaban J connectivity index is 2.93. The zero-order chi connectivity index (χ0) is 11.4. The summed E-state index contributed by atoms with van der Waals surface area (Å²) in [7, 11) is 0. The summed E-state index contributed by atoms with van der Waals surface area (Å²) in [5, 5.41) is 2.71. The summed E-state index contributed by atoms with van der Waals surface area (Å²) in [6.45, 7) is 5.08. The molecule has 0 aliphatic carbocycles. The number of aromatic nitrogens is 1. The van der Waals surface area contributed by atoms with Crippen molar-refractivity contribution in [3.05, 3.63) is 23.5 Å². The number of rotatable bonds is 3. The largest absolute Gasteiger partial charge is 0.325 e.